The van der Waals surface area contributed by atoms with E-state index >= 15 is 0 Å². The maximum Gasteiger partial charge on any atom is 1.00 e. The van der Waals surface area contributed by atoms with Gasteiger partial charge in [-0.2, -0.15) is 0 Å². The average Bonchev–Trinajstić information content (AvgIpc) is 3.07. The molecule has 0 saturated carbocycles. The van der Waals surface area contributed by atoms with Crippen LogP contribution in [-0.4, -0.2) is 62.9 Å². The molecule has 24 heavy (non-hydrogen) atoms. The molecular formula is C16H24BN6Tl. The van der Waals surface area contributed by atoms with Gasteiger partial charge in [0.25, 0.3) is 0 Å². The Balaban J connectivity index is 0.00000208. The molecule has 0 saturated heterocycles. The number of nitrogens with zero attached hydrogens (tertiary/aromatic N) is 6. The topological polar surface area (TPSA) is 53.5 Å². The van der Waals surface area contributed by atoms with E-state index in [1.165, 1.54) is 0 Å². The molecule has 3 aromatic heterocycles. The van der Waals surface area contributed by atoms with Gasteiger partial charge in [-0.05, 0) is 76.8 Å². The molecule has 0 atom stereocenters. The van der Waals surface area contributed by atoms with Gasteiger partial charge in [0.05, 0.1) is 17.1 Å². The molecule has 3 aromatic rings. The van der Waals surface area contributed by atoms with E-state index in [-0.39, 0.29) is 27.3 Å². The number of rotatable bonds is 3. The summed E-state index contributed by atoms with van der Waals surface area (Å²) in [6.07, 6.45) is 0. The Hall–Kier alpha value is -1.38. The Morgan fingerprint density at radius 3 is 1.04 bits per heavy atom. The van der Waals surface area contributed by atoms with Crippen LogP contribution in [0.5, 0.6) is 0 Å². The molecule has 8 heteroatoms. The quantitative estimate of drug-likeness (QED) is 0.503. The maximum atomic E-state index is 4.76. The van der Waals surface area contributed by atoms with E-state index in [9.17, 15) is 0 Å². The molecule has 0 amide bonds. The van der Waals surface area contributed by atoms with Gasteiger partial charge in [-0.3, -0.25) is 0 Å². The van der Waals surface area contributed by atoms with Gasteiger partial charge in [-0.1, -0.05) is 0 Å². The molecule has 0 unspecified atom stereocenters. The van der Waals surface area contributed by atoms with Crippen molar-refractivity contribution in [2.75, 3.05) is 0 Å². The molecule has 0 radical (unpaired) electrons. The molecular weight excluding hydrogens is 491 g/mol. The van der Waals surface area contributed by atoms with Crippen LogP contribution in [0.25, 0.3) is 0 Å². The second-order valence-corrected chi connectivity index (χ2v) is 6.74. The third-order valence-electron chi connectivity index (χ3n) is 4.52. The zero-order chi connectivity index (χ0) is 16.9. The first-order valence-electron chi connectivity index (χ1n) is 8.03. The fourth-order valence-corrected chi connectivity index (χ4v) is 3.73. The Bertz CT molecular complexity index is 763. The summed E-state index contributed by atoms with van der Waals surface area (Å²) in [6.45, 7) is 12.9. The predicted octanol–water partition coefficient (Wildman–Crippen LogP) is 2.26. The predicted molar refractivity (Wildman–Crippen MR) is 98.7 cm³/mol. The maximum absolute atomic E-state index is 4.76. The summed E-state index contributed by atoms with van der Waals surface area (Å²) in [5.41, 5.74) is 6.30. The molecule has 3 rings (SSSR count). The summed E-state index contributed by atoms with van der Waals surface area (Å²) in [7, 11) is 0. The van der Waals surface area contributed by atoms with Crippen molar-refractivity contribution in [2.45, 2.75) is 48.4 Å². The molecule has 0 aliphatic carbocycles. The largest absolute Gasteiger partial charge is 1.00 e. The summed E-state index contributed by atoms with van der Waals surface area (Å²) in [5.74, 6) is 0. The summed E-state index contributed by atoms with van der Waals surface area (Å²) < 4.78 is 6.19. The molecule has 0 bridgehead atoms. The van der Waals surface area contributed by atoms with Crippen LogP contribution in [0.2, 0.25) is 6.82 Å². The molecule has 3 heterocycles. The van der Waals surface area contributed by atoms with Crippen LogP contribution in [-0.2, 0) is 0 Å². The number of hydrogen-bond donors (Lipinski definition) is 0. The average molecular weight is 516 g/mol. The van der Waals surface area contributed by atoms with Crippen molar-refractivity contribution < 1.29 is 0 Å². The summed E-state index contributed by atoms with van der Waals surface area (Å²) in [6, 6.07) is 6.28. The van der Waals surface area contributed by atoms with Crippen molar-refractivity contribution in [1.82, 2.24) is 29.1 Å². The fraction of sp³-hybridized carbons (Fsp3) is 0.438. The monoisotopic (exact) mass is 516 g/mol. The molecule has 0 aromatic carbocycles. The Labute approximate surface area is 163 Å². The van der Waals surface area contributed by atoms with Crippen molar-refractivity contribution in [3.05, 3.63) is 52.4 Å². The standard InChI is InChI=1S/C16H24BN6.Tl/c1-11-8-14(4)21(18-11)17(7,22-15(5)9-12(2)19-22)23-16(6)10-13(3)20-23;/h8-10H,1-7H3;/q-1;+1. The first kappa shape index (κ1) is 18.9. The van der Waals surface area contributed by atoms with E-state index in [0.29, 0.717) is 0 Å². The smallest absolute Gasteiger partial charge is 0.398 e. The van der Waals surface area contributed by atoms with Crippen molar-refractivity contribution in [3.8, 4) is 0 Å². The van der Waals surface area contributed by atoms with Gasteiger partial charge in [0.1, 0.15) is 0 Å². The van der Waals surface area contributed by atoms with Gasteiger partial charge < -0.3 is 13.8 Å². The first-order chi connectivity index (χ1) is 10.7. The van der Waals surface area contributed by atoms with E-state index in [4.69, 9.17) is 15.3 Å². The minimum absolute atomic E-state index is 0. The molecule has 0 aliphatic rings. The van der Waals surface area contributed by atoms with E-state index in [1.807, 2.05) is 20.8 Å². The van der Waals surface area contributed by atoms with Gasteiger partial charge in [0.15, 0.2) is 0 Å². The zero-order valence-corrected chi connectivity index (χ0v) is 20.1. The molecule has 0 aliphatic heterocycles. The van der Waals surface area contributed by atoms with Gasteiger partial charge in [-0.15, -0.1) is 6.82 Å². The Kier molecular flexibility index (Phi) is 5.13. The number of hydrogen-bond acceptors (Lipinski definition) is 3. The van der Waals surface area contributed by atoms with E-state index < -0.39 is 6.55 Å². The van der Waals surface area contributed by atoms with E-state index in [0.717, 1.165) is 34.2 Å². The molecule has 0 N–H and O–H groups in total. The summed E-state index contributed by atoms with van der Waals surface area (Å²) >= 11 is 0. The normalized spacial score (nSPS) is 11.6. The summed E-state index contributed by atoms with van der Waals surface area (Å²) in [5, 5.41) is 14.3. The van der Waals surface area contributed by atoms with Crippen LogP contribution in [0.1, 0.15) is 34.2 Å². The van der Waals surface area contributed by atoms with Gasteiger partial charge in [0.2, 0.25) is 0 Å². The molecule has 0 spiro atoms. The SMILES string of the molecule is Cc1cc(C)n([B-](C)(n2nc(C)cc2C)n2nc(C)cc2C)n1.[Tl+]. The molecule has 6 nitrogen and oxygen atoms in total. The minimum atomic E-state index is -1.51. The second-order valence-electron chi connectivity index (χ2n) is 6.74. The third-order valence-corrected chi connectivity index (χ3v) is 4.52. The Morgan fingerprint density at radius 1 is 0.625 bits per heavy atom. The number of aromatic nitrogens is 6. The van der Waals surface area contributed by atoms with Crippen LogP contribution < -0.4 is 0 Å². The van der Waals surface area contributed by atoms with Crippen LogP contribution >= 0.6 is 0 Å². The van der Waals surface area contributed by atoms with Gasteiger partial charge in [0, 0.05) is 0 Å². The van der Waals surface area contributed by atoms with Gasteiger partial charge in [-0.25, -0.2) is 15.3 Å². The molecule has 124 valence electrons. The molecule has 0 fully saturated rings. The Morgan fingerprint density at radius 2 is 0.875 bits per heavy atom. The van der Waals surface area contributed by atoms with Crippen molar-refractivity contribution >= 4 is 33.8 Å². The van der Waals surface area contributed by atoms with Crippen molar-refractivity contribution in [3.63, 3.8) is 0 Å². The third kappa shape index (κ3) is 2.87. The van der Waals surface area contributed by atoms with Crippen molar-refractivity contribution in [1.29, 1.82) is 0 Å². The van der Waals surface area contributed by atoms with E-state index in [1.54, 1.807) is 0 Å². The second kappa shape index (κ2) is 6.49. The van der Waals surface area contributed by atoms with Gasteiger partial charge >= 0.3 is 33.8 Å². The first-order valence-corrected chi connectivity index (χ1v) is 8.03. The fourth-order valence-electron chi connectivity index (χ4n) is 3.73. The van der Waals surface area contributed by atoms with Crippen LogP contribution in [0.3, 0.4) is 0 Å². The van der Waals surface area contributed by atoms with Crippen LogP contribution in [0, 0.1) is 41.5 Å². The van der Waals surface area contributed by atoms with Crippen LogP contribution in [0.4, 0.5) is 0 Å². The van der Waals surface area contributed by atoms with Crippen molar-refractivity contribution in [2.24, 2.45) is 0 Å². The number of aryl methyl sites for hydroxylation is 6. The summed E-state index contributed by atoms with van der Waals surface area (Å²) in [4.78, 5) is 0. The van der Waals surface area contributed by atoms with Crippen LogP contribution in [0.15, 0.2) is 18.2 Å². The van der Waals surface area contributed by atoms with E-state index in [2.05, 4.69) is 59.6 Å². The minimum Gasteiger partial charge on any atom is -0.398 e. The zero-order valence-electron chi connectivity index (χ0n) is 15.6.